The number of H-pyrrole nitrogens is 1. The van der Waals surface area contributed by atoms with E-state index < -0.39 is 0 Å². The van der Waals surface area contributed by atoms with E-state index in [4.69, 9.17) is 5.73 Å². The number of fused-ring (bicyclic) bond motifs is 1. The van der Waals surface area contributed by atoms with Crippen molar-refractivity contribution >= 4 is 10.9 Å². The molecule has 2 heterocycles. The van der Waals surface area contributed by atoms with Crippen LogP contribution in [0.15, 0.2) is 24.3 Å². The molecule has 3 N–H and O–H groups in total. The molecule has 3 nitrogen and oxygen atoms in total. The van der Waals surface area contributed by atoms with Crippen molar-refractivity contribution in [1.82, 2.24) is 9.88 Å². The van der Waals surface area contributed by atoms with E-state index in [0.717, 1.165) is 25.9 Å². The van der Waals surface area contributed by atoms with Gasteiger partial charge in [-0.2, -0.15) is 0 Å². The van der Waals surface area contributed by atoms with Crippen molar-refractivity contribution in [2.24, 2.45) is 5.73 Å². The van der Waals surface area contributed by atoms with Crippen molar-refractivity contribution < 1.29 is 0 Å². The lowest BCUT2D eigenvalue weighted by Crippen LogP contribution is -2.45. The van der Waals surface area contributed by atoms with Crippen LogP contribution in [0.2, 0.25) is 0 Å². The summed E-state index contributed by atoms with van der Waals surface area (Å²) in [5.41, 5.74) is 10.0. The van der Waals surface area contributed by atoms with Crippen LogP contribution in [0.25, 0.3) is 10.9 Å². The van der Waals surface area contributed by atoms with Crippen molar-refractivity contribution in [3.63, 3.8) is 0 Å². The first-order valence-corrected chi connectivity index (χ1v) is 7.21. The van der Waals surface area contributed by atoms with E-state index in [1.165, 1.54) is 22.2 Å². The molecular formula is C16H23N3. The SMILES string of the molecule is Cc1[nH]c2ccccc2c1CN1CCC(N)CC1C. The molecule has 3 rings (SSSR count). The molecule has 1 aliphatic rings. The molecule has 0 amide bonds. The number of aromatic nitrogens is 1. The minimum absolute atomic E-state index is 0.385. The standard InChI is InChI=1S/C16H23N3/c1-11-9-13(17)7-8-19(11)10-15-12(2)18-16-6-4-3-5-14(15)16/h3-6,11,13,18H,7-10,17H2,1-2H3. The van der Waals surface area contributed by atoms with Crippen LogP contribution < -0.4 is 5.73 Å². The van der Waals surface area contributed by atoms with Gasteiger partial charge in [-0.15, -0.1) is 0 Å². The van der Waals surface area contributed by atoms with Crippen LogP contribution in [0.1, 0.15) is 31.0 Å². The molecular weight excluding hydrogens is 234 g/mol. The average molecular weight is 257 g/mol. The molecule has 0 saturated carbocycles. The molecule has 2 atom stereocenters. The number of aryl methyl sites for hydroxylation is 1. The summed E-state index contributed by atoms with van der Waals surface area (Å²) in [6.07, 6.45) is 2.23. The van der Waals surface area contributed by atoms with E-state index in [0.29, 0.717) is 12.1 Å². The van der Waals surface area contributed by atoms with Gasteiger partial charge in [0, 0.05) is 41.8 Å². The predicted octanol–water partition coefficient (Wildman–Crippen LogP) is 2.79. The molecule has 1 aromatic heterocycles. The lowest BCUT2D eigenvalue weighted by molar-refractivity contribution is 0.140. The zero-order valence-electron chi connectivity index (χ0n) is 11.8. The second-order valence-corrected chi connectivity index (χ2v) is 5.88. The highest BCUT2D eigenvalue weighted by Crippen LogP contribution is 2.26. The van der Waals surface area contributed by atoms with Gasteiger partial charge in [0.2, 0.25) is 0 Å². The van der Waals surface area contributed by atoms with Crippen LogP contribution in [0, 0.1) is 6.92 Å². The molecule has 1 aliphatic heterocycles. The molecule has 0 bridgehead atoms. The fourth-order valence-electron chi connectivity index (χ4n) is 3.23. The number of nitrogens with zero attached hydrogens (tertiary/aromatic N) is 1. The van der Waals surface area contributed by atoms with Crippen LogP contribution in [-0.2, 0) is 6.54 Å². The smallest absolute Gasteiger partial charge is 0.0459 e. The van der Waals surface area contributed by atoms with Gasteiger partial charge >= 0.3 is 0 Å². The van der Waals surface area contributed by atoms with Gasteiger partial charge in [-0.1, -0.05) is 18.2 Å². The number of para-hydroxylation sites is 1. The second-order valence-electron chi connectivity index (χ2n) is 5.88. The van der Waals surface area contributed by atoms with Crippen LogP contribution in [0.4, 0.5) is 0 Å². The molecule has 1 fully saturated rings. The highest BCUT2D eigenvalue weighted by molar-refractivity contribution is 5.84. The Bertz CT molecular complexity index is 572. The molecule has 1 saturated heterocycles. The third-order valence-electron chi connectivity index (χ3n) is 4.44. The maximum atomic E-state index is 6.05. The number of hydrogen-bond donors (Lipinski definition) is 2. The maximum Gasteiger partial charge on any atom is 0.0459 e. The van der Waals surface area contributed by atoms with Gasteiger partial charge in [-0.3, -0.25) is 4.90 Å². The molecule has 2 aromatic rings. The number of nitrogens with one attached hydrogen (secondary N) is 1. The van der Waals surface area contributed by atoms with Crippen molar-refractivity contribution in [2.75, 3.05) is 6.54 Å². The summed E-state index contributed by atoms with van der Waals surface area (Å²) in [4.78, 5) is 6.05. The summed E-state index contributed by atoms with van der Waals surface area (Å²) < 4.78 is 0. The number of benzene rings is 1. The maximum absolute atomic E-state index is 6.05. The highest BCUT2D eigenvalue weighted by Gasteiger charge is 2.24. The monoisotopic (exact) mass is 257 g/mol. The zero-order chi connectivity index (χ0) is 13.4. The van der Waals surface area contributed by atoms with Gasteiger partial charge < -0.3 is 10.7 Å². The molecule has 2 unspecified atom stereocenters. The number of rotatable bonds is 2. The molecule has 0 aliphatic carbocycles. The fraction of sp³-hybridized carbons (Fsp3) is 0.500. The predicted molar refractivity (Wildman–Crippen MR) is 80.1 cm³/mol. The number of nitrogens with two attached hydrogens (primary N) is 1. The van der Waals surface area contributed by atoms with Gasteiger partial charge in [0.1, 0.15) is 0 Å². The number of hydrogen-bond acceptors (Lipinski definition) is 2. The van der Waals surface area contributed by atoms with E-state index in [-0.39, 0.29) is 0 Å². The lowest BCUT2D eigenvalue weighted by atomic mass is 9.98. The Morgan fingerprint density at radius 1 is 1.37 bits per heavy atom. The first kappa shape index (κ1) is 12.7. The van der Waals surface area contributed by atoms with Crippen LogP contribution in [0.5, 0.6) is 0 Å². The Kier molecular flexibility index (Phi) is 3.33. The van der Waals surface area contributed by atoms with Crippen LogP contribution in [0.3, 0.4) is 0 Å². The topological polar surface area (TPSA) is 45.0 Å². The van der Waals surface area contributed by atoms with Crippen molar-refractivity contribution in [2.45, 2.75) is 45.3 Å². The third kappa shape index (κ3) is 2.40. The summed E-state index contributed by atoms with van der Waals surface area (Å²) in [5.74, 6) is 0. The normalized spacial score (nSPS) is 25.0. The Labute approximate surface area is 114 Å². The Morgan fingerprint density at radius 3 is 2.95 bits per heavy atom. The first-order valence-electron chi connectivity index (χ1n) is 7.21. The van der Waals surface area contributed by atoms with Crippen LogP contribution >= 0.6 is 0 Å². The molecule has 0 radical (unpaired) electrons. The van der Waals surface area contributed by atoms with Gasteiger partial charge in [0.15, 0.2) is 0 Å². The summed E-state index contributed by atoms with van der Waals surface area (Å²) in [5, 5.41) is 1.36. The van der Waals surface area contributed by atoms with Crippen molar-refractivity contribution in [3.05, 3.63) is 35.5 Å². The van der Waals surface area contributed by atoms with Crippen LogP contribution in [-0.4, -0.2) is 28.5 Å². The van der Waals surface area contributed by atoms with E-state index >= 15 is 0 Å². The van der Waals surface area contributed by atoms with Gasteiger partial charge in [-0.25, -0.2) is 0 Å². The molecule has 1 aromatic carbocycles. The van der Waals surface area contributed by atoms with Crippen molar-refractivity contribution in [1.29, 1.82) is 0 Å². The molecule has 3 heteroatoms. The summed E-state index contributed by atoms with van der Waals surface area (Å²) in [7, 11) is 0. The van der Waals surface area contributed by atoms with Gasteiger partial charge in [0.05, 0.1) is 0 Å². The fourth-order valence-corrected chi connectivity index (χ4v) is 3.23. The minimum Gasteiger partial charge on any atom is -0.358 e. The van der Waals surface area contributed by atoms with E-state index in [9.17, 15) is 0 Å². The van der Waals surface area contributed by atoms with E-state index in [1.807, 2.05) is 0 Å². The Balaban J connectivity index is 1.87. The zero-order valence-corrected chi connectivity index (χ0v) is 11.8. The van der Waals surface area contributed by atoms with Crippen molar-refractivity contribution in [3.8, 4) is 0 Å². The van der Waals surface area contributed by atoms with Gasteiger partial charge in [-0.05, 0) is 38.3 Å². The quantitative estimate of drug-likeness (QED) is 0.869. The van der Waals surface area contributed by atoms with Gasteiger partial charge in [0.25, 0.3) is 0 Å². The molecule has 0 spiro atoms. The summed E-state index contributed by atoms with van der Waals surface area (Å²) in [6.45, 7) is 6.61. The molecule has 19 heavy (non-hydrogen) atoms. The lowest BCUT2D eigenvalue weighted by Gasteiger charge is -2.36. The molecule has 102 valence electrons. The Hall–Kier alpha value is -1.32. The highest BCUT2D eigenvalue weighted by atomic mass is 15.2. The van der Waals surface area contributed by atoms with E-state index in [1.54, 1.807) is 0 Å². The largest absolute Gasteiger partial charge is 0.358 e. The average Bonchev–Trinajstić information content (AvgIpc) is 2.69. The number of piperidine rings is 1. The summed E-state index contributed by atoms with van der Waals surface area (Å²) in [6, 6.07) is 9.54. The Morgan fingerprint density at radius 2 is 2.16 bits per heavy atom. The second kappa shape index (κ2) is 4.99. The number of likely N-dealkylation sites (tertiary alicyclic amines) is 1. The number of aromatic amines is 1. The van der Waals surface area contributed by atoms with E-state index in [2.05, 4.69) is 48.0 Å². The first-order chi connectivity index (χ1) is 9.15. The third-order valence-corrected chi connectivity index (χ3v) is 4.44. The summed E-state index contributed by atoms with van der Waals surface area (Å²) >= 11 is 0. The minimum atomic E-state index is 0.385.